The maximum atomic E-state index is 12.4. The van der Waals surface area contributed by atoms with E-state index in [1.165, 1.54) is 6.07 Å². The lowest BCUT2D eigenvalue weighted by Gasteiger charge is -2.12. The largest absolute Gasteiger partial charge is 0.418 e. The van der Waals surface area contributed by atoms with Crippen LogP contribution in [0.1, 0.15) is 5.56 Å². The Morgan fingerprint density at radius 3 is 2.36 bits per heavy atom. The van der Waals surface area contributed by atoms with Crippen LogP contribution in [0.15, 0.2) is 17.0 Å². The Hall–Kier alpha value is -0.550. The van der Waals surface area contributed by atoms with Crippen molar-refractivity contribution in [3.63, 3.8) is 0 Å². The zero-order chi connectivity index (χ0) is 10.9. The molecule has 0 aliphatic rings. The van der Waals surface area contributed by atoms with Crippen LogP contribution in [-0.4, -0.2) is 6.26 Å². The molecule has 1 nitrogen and oxygen atoms in total. The molecule has 0 spiro atoms. The average Bonchev–Trinajstić information content (AvgIpc) is 2.06. The maximum Gasteiger partial charge on any atom is 0.418 e. The highest BCUT2D eigenvalue weighted by Gasteiger charge is 2.34. The minimum atomic E-state index is -4.46. The first-order valence-electron chi connectivity index (χ1n) is 3.56. The second-order valence-electron chi connectivity index (χ2n) is 2.57. The summed E-state index contributed by atoms with van der Waals surface area (Å²) in [5.41, 5.74) is 4.20. The molecular formula is C8H7ClF3NS. The number of thioether (sulfide) groups is 1. The molecule has 0 saturated heterocycles. The van der Waals surface area contributed by atoms with Crippen LogP contribution in [0.4, 0.5) is 18.9 Å². The summed E-state index contributed by atoms with van der Waals surface area (Å²) in [7, 11) is 0. The molecule has 0 aliphatic carbocycles. The van der Waals surface area contributed by atoms with Gasteiger partial charge >= 0.3 is 6.18 Å². The first-order chi connectivity index (χ1) is 6.36. The van der Waals surface area contributed by atoms with Crippen molar-refractivity contribution in [2.45, 2.75) is 11.1 Å². The molecule has 0 aromatic heterocycles. The number of hydrogen-bond donors (Lipinski definition) is 1. The van der Waals surface area contributed by atoms with E-state index in [4.69, 9.17) is 17.3 Å². The zero-order valence-electron chi connectivity index (χ0n) is 7.15. The van der Waals surface area contributed by atoms with Crippen molar-refractivity contribution in [3.8, 4) is 0 Å². The first kappa shape index (κ1) is 11.5. The third-order valence-electron chi connectivity index (χ3n) is 1.63. The van der Waals surface area contributed by atoms with Crippen molar-refractivity contribution in [2.75, 3.05) is 12.0 Å². The fourth-order valence-corrected chi connectivity index (χ4v) is 1.85. The van der Waals surface area contributed by atoms with E-state index >= 15 is 0 Å². The van der Waals surface area contributed by atoms with Gasteiger partial charge in [-0.2, -0.15) is 13.2 Å². The van der Waals surface area contributed by atoms with E-state index in [0.29, 0.717) is 4.90 Å². The molecule has 0 atom stereocenters. The number of halogens is 4. The number of nitrogen functional groups attached to an aromatic ring is 1. The van der Waals surface area contributed by atoms with Gasteiger partial charge in [-0.15, -0.1) is 11.8 Å². The lowest BCUT2D eigenvalue weighted by atomic mass is 10.2. The molecule has 1 rings (SSSR count). The Kier molecular flexibility index (Phi) is 3.21. The summed E-state index contributed by atoms with van der Waals surface area (Å²) in [5.74, 6) is 0. The number of benzene rings is 1. The van der Waals surface area contributed by atoms with Crippen LogP contribution < -0.4 is 5.73 Å². The molecule has 0 bridgehead atoms. The van der Waals surface area contributed by atoms with Gasteiger partial charge in [0.1, 0.15) is 0 Å². The Morgan fingerprint density at radius 2 is 1.93 bits per heavy atom. The SMILES string of the molecule is CSc1cc(Cl)cc(C(F)(F)F)c1N. The van der Waals surface area contributed by atoms with Gasteiger partial charge in [0.25, 0.3) is 0 Å². The van der Waals surface area contributed by atoms with E-state index in [-0.39, 0.29) is 10.7 Å². The highest BCUT2D eigenvalue weighted by atomic mass is 35.5. The number of hydrogen-bond acceptors (Lipinski definition) is 2. The minimum absolute atomic E-state index is 0.0378. The Labute approximate surface area is 88.4 Å². The summed E-state index contributed by atoms with van der Waals surface area (Å²) in [5, 5.41) is 0.0378. The van der Waals surface area contributed by atoms with E-state index in [9.17, 15) is 13.2 Å². The fourth-order valence-electron chi connectivity index (χ4n) is 0.996. The summed E-state index contributed by atoms with van der Waals surface area (Å²) >= 11 is 6.67. The molecule has 0 amide bonds. The third kappa shape index (κ3) is 2.27. The standard InChI is InChI=1S/C8H7ClF3NS/c1-14-6-3-4(9)2-5(7(6)13)8(10,11)12/h2-3H,13H2,1H3. The van der Waals surface area contributed by atoms with E-state index in [1.807, 2.05) is 0 Å². The van der Waals surface area contributed by atoms with Gasteiger partial charge in [0, 0.05) is 9.92 Å². The molecule has 6 heteroatoms. The molecule has 0 saturated carbocycles. The second kappa shape index (κ2) is 3.90. The van der Waals surface area contributed by atoms with Crippen molar-refractivity contribution in [1.29, 1.82) is 0 Å². The minimum Gasteiger partial charge on any atom is -0.397 e. The molecule has 0 fully saturated rings. The molecule has 0 heterocycles. The quantitative estimate of drug-likeness (QED) is 0.600. The molecule has 1 aromatic carbocycles. The lowest BCUT2D eigenvalue weighted by Crippen LogP contribution is -2.09. The molecule has 0 unspecified atom stereocenters. The topological polar surface area (TPSA) is 26.0 Å². The fraction of sp³-hybridized carbons (Fsp3) is 0.250. The van der Waals surface area contributed by atoms with E-state index in [2.05, 4.69) is 0 Å². The predicted octanol–water partition coefficient (Wildman–Crippen LogP) is 3.66. The van der Waals surface area contributed by atoms with E-state index in [1.54, 1.807) is 6.26 Å². The van der Waals surface area contributed by atoms with Gasteiger partial charge in [-0.1, -0.05) is 11.6 Å². The van der Waals surface area contributed by atoms with Crippen LogP contribution in [-0.2, 0) is 6.18 Å². The smallest absolute Gasteiger partial charge is 0.397 e. The third-order valence-corrected chi connectivity index (χ3v) is 2.63. The summed E-state index contributed by atoms with van der Waals surface area (Å²) in [4.78, 5) is 0.338. The monoisotopic (exact) mass is 241 g/mol. The highest BCUT2D eigenvalue weighted by molar-refractivity contribution is 7.98. The normalized spacial score (nSPS) is 11.8. The van der Waals surface area contributed by atoms with Crippen molar-refractivity contribution in [2.24, 2.45) is 0 Å². The summed E-state index contributed by atoms with van der Waals surface area (Å²) in [6.45, 7) is 0. The average molecular weight is 242 g/mol. The van der Waals surface area contributed by atoms with Crippen LogP contribution >= 0.6 is 23.4 Å². The summed E-state index contributed by atoms with van der Waals surface area (Å²) < 4.78 is 37.2. The van der Waals surface area contributed by atoms with Crippen LogP contribution in [0.25, 0.3) is 0 Å². The van der Waals surface area contributed by atoms with Crippen LogP contribution in [0.5, 0.6) is 0 Å². The van der Waals surface area contributed by atoms with Crippen LogP contribution in [0.3, 0.4) is 0 Å². The molecule has 78 valence electrons. The molecule has 14 heavy (non-hydrogen) atoms. The molecule has 0 aliphatic heterocycles. The van der Waals surface area contributed by atoms with Crippen LogP contribution in [0, 0.1) is 0 Å². The highest BCUT2D eigenvalue weighted by Crippen LogP contribution is 2.39. The van der Waals surface area contributed by atoms with Gasteiger partial charge in [-0.3, -0.25) is 0 Å². The van der Waals surface area contributed by atoms with Crippen molar-refractivity contribution in [3.05, 3.63) is 22.7 Å². The van der Waals surface area contributed by atoms with Crippen LogP contribution in [0.2, 0.25) is 5.02 Å². The Balaban J connectivity index is 3.37. The van der Waals surface area contributed by atoms with Gasteiger partial charge in [-0.25, -0.2) is 0 Å². The maximum absolute atomic E-state index is 12.4. The van der Waals surface area contributed by atoms with Gasteiger partial charge < -0.3 is 5.73 Å². The van der Waals surface area contributed by atoms with Gasteiger partial charge in [-0.05, 0) is 18.4 Å². The van der Waals surface area contributed by atoms with Crippen molar-refractivity contribution < 1.29 is 13.2 Å². The van der Waals surface area contributed by atoms with Crippen molar-refractivity contribution in [1.82, 2.24) is 0 Å². The van der Waals surface area contributed by atoms with Gasteiger partial charge in [0.2, 0.25) is 0 Å². The number of rotatable bonds is 1. The zero-order valence-corrected chi connectivity index (χ0v) is 8.72. The number of anilines is 1. The van der Waals surface area contributed by atoms with E-state index in [0.717, 1.165) is 17.8 Å². The van der Waals surface area contributed by atoms with Crippen molar-refractivity contribution >= 4 is 29.1 Å². The Bertz CT molecular complexity index is 351. The summed E-state index contributed by atoms with van der Waals surface area (Å²) in [6, 6.07) is 2.24. The summed E-state index contributed by atoms with van der Waals surface area (Å²) in [6.07, 6.45) is -2.82. The van der Waals surface area contributed by atoms with Gasteiger partial charge in [0.15, 0.2) is 0 Å². The molecular weight excluding hydrogens is 235 g/mol. The second-order valence-corrected chi connectivity index (χ2v) is 3.85. The Morgan fingerprint density at radius 1 is 1.36 bits per heavy atom. The predicted molar refractivity (Wildman–Crippen MR) is 52.6 cm³/mol. The molecule has 2 N–H and O–H groups in total. The lowest BCUT2D eigenvalue weighted by molar-refractivity contribution is -0.137. The molecule has 0 radical (unpaired) electrons. The van der Waals surface area contributed by atoms with E-state index < -0.39 is 11.7 Å². The number of nitrogens with two attached hydrogens (primary N) is 1. The van der Waals surface area contributed by atoms with Gasteiger partial charge in [0.05, 0.1) is 11.3 Å². The molecule has 1 aromatic rings. The first-order valence-corrected chi connectivity index (χ1v) is 5.16. The number of alkyl halides is 3.